The van der Waals surface area contributed by atoms with Crippen LogP contribution in [0.2, 0.25) is 21.5 Å². The Morgan fingerprint density at radius 2 is 0.889 bits per heavy atom. The minimum atomic E-state index is -2.50. The summed E-state index contributed by atoms with van der Waals surface area (Å²) >= 11 is 0. The van der Waals surface area contributed by atoms with Crippen LogP contribution >= 0.6 is 0 Å². The molecule has 10 heteroatoms. The third-order valence-corrected chi connectivity index (χ3v) is 20.6. The zero-order valence-electron chi connectivity index (χ0n) is 32.6. The van der Waals surface area contributed by atoms with Crippen LogP contribution in [0.3, 0.4) is 0 Å². The molecular formula is C35H67B3O6Si. The smallest absolute Gasteiger partial charge is 0.403 e. The molecule has 3 fully saturated rings. The third kappa shape index (κ3) is 6.41. The van der Waals surface area contributed by atoms with Gasteiger partial charge in [-0.3, -0.25) is 0 Å². The first-order valence-electron chi connectivity index (χ1n) is 17.6. The van der Waals surface area contributed by atoms with Gasteiger partial charge in [-0.2, -0.15) is 0 Å². The lowest BCUT2D eigenvalue weighted by Crippen LogP contribution is -2.67. The van der Waals surface area contributed by atoms with E-state index in [4.69, 9.17) is 27.9 Å². The van der Waals surface area contributed by atoms with Crippen molar-refractivity contribution in [2.24, 2.45) is 0 Å². The Balaban J connectivity index is 2.27. The first-order valence-corrected chi connectivity index (χ1v) is 19.8. The summed E-state index contributed by atoms with van der Waals surface area (Å²) < 4.78 is 41.2. The van der Waals surface area contributed by atoms with Gasteiger partial charge in [0.1, 0.15) is 0 Å². The van der Waals surface area contributed by atoms with Gasteiger partial charge in [0.25, 0.3) is 0 Å². The molecule has 6 nitrogen and oxygen atoms in total. The van der Waals surface area contributed by atoms with Gasteiger partial charge in [-0.25, -0.2) is 0 Å². The maximum Gasteiger partial charge on any atom is 0.487 e. The van der Waals surface area contributed by atoms with Gasteiger partial charge < -0.3 is 27.9 Å². The number of hydrogen-bond acceptors (Lipinski definition) is 6. The van der Waals surface area contributed by atoms with E-state index < -0.39 is 49.6 Å². The maximum atomic E-state index is 7.12. The Morgan fingerprint density at radius 3 is 1.18 bits per heavy atom. The fourth-order valence-corrected chi connectivity index (χ4v) is 16.7. The molecule has 45 heavy (non-hydrogen) atoms. The highest BCUT2D eigenvalue weighted by atomic mass is 28.3. The van der Waals surface area contributed by atoms with Crippen molar-refractivity contribution in [3.8, 4) is 0 Å². The summed E-state index contributed by atoms with van der Waals surface area (Å²) in [5, 5.41) is 0. The van der Waals surface area contributed by atoms with Crippen LogP contribution in [0.4, 0.5) is 0 Å². The minimum Gasteiger partial charge on any atom is -0.403 e. The molecule has 0 aromatic rings. The van der Waals surface area contributed by atoms with Gasteiger partial charge in [-0.15, -0.1) is 0 Å². The molecule has 3 aliphatic heterocycles. The van der Waals surface area contributed by atoms with E-state index in [-0.39, 0.29) is 18.3 Å². The highest BCUT2D eigenvalue weighted by Crippen LogP contribution is 2.65. The Hall–Kier alpha value is -0.348. The Labute approximate surface area is 279 Å². The first kappa shape index (κ1) is 39.1. The van der Waals surface area contributed by atoms with Crippen molar-refractivity contribution in [1.82, 2.24) is 0 Å². The molecular weight excluding hydrogens is 577 g/mol. The molecule has 0 unspecified atom stereocenters. The van der Waals surface area contributed by atoms with Crippen molar-refractivity contribution in [2.75, 3.05) is 0 Å². The van der Waals surface area contributed by atoms with E-state index in [0.717, 1.165) is 12.8 Å². The SMILES string of the molecule is CC/C(=C\B1OC(C)(C)C(C)(C)O1)CC=CC(B1OC(C)(C)C(C)(C)O1)(B1OC(C)(C)C(C)(C)O1)[Si](C(C)C)(C(C)C)C(C)C. The molecule has 3 rings (SSSR count). The Kier molecular flexibility index (Phi) is 10.9. The first-order chi connectivity index (χ1) is 20.2. The van der Waals surface area contributed by atoms with Crippen molar-refractivity contribution in [2.45, 2.75) is 199 Å². The van der Waals surface area contributed by atoms with Crippen LogP contribution in [-0.4, -0.2) is 63.0 Å². The highest BCUT2D eigenvalue weighted by molar-refractivity contribution is 7.05. The second-order valence-electron chi connectivity index (χ2n) is 17.9. The molecule has 3 aliphatic rings. The molecule has 0 saturated carbocycles. The molecule has 0 radical (unpaired) electrons. The van der Waals surface area contributed by atoms with Gasteiger partial charge in [-0.1, -0.05) is 88.8 Å². The van der Waals surface area contributed by atoms with Crippen LogP contribution in [0.1, 0.15) is 144 Å². The fraction of sp³-hybridized carbons (Fsp3) is 0.886. The van der Waals surface area contributed by atoms with E-state index in [2.05, 4.69) is 150 Å². The van der Waals surface area contributed by atoms with Crippen LogP contribution in [0.15, 0.2) is 23.7 Å². The van der Waals surface area contributed by atoms with Crippen LogP contribution < -0.4 is 0 Å². The van der Waals surface area contributed by atoms with E-state index >= 15 is 0 Å². The van der Waals surface area contributed by atoms with E-state index in [0.29, 0.717) is 16.6 Å². The van der Waals surface area contributed by atoms with Crippen molar-refractivity contribution < 1.29 is 27.9 Å². The normalized spacial score (nSPS) is 26.0. The minimum absolute atomic E-state index is 0.371. The van der Waals surface area contributed by atoms with Crippen molar-refractivity contribution in [3.63, 3.8) is 0 Å². The largest absolute Gasteiger partial charge is 0.487 e. The number of rotatable bonds is 11. The summed E-state index contributed by atoms with van der Waals surface area (Å²) in [6, 6.07) is 0. The molecule has 3 heterocycles. The Morgan fingerprint density at radius 1 is 0.578 bits per heavy atom. The maximum absolute atomic E-state index is 7.12. The topological polar surface area (TPSA) is 55.4 Å². The Bertz CT molecular complexity index is 1020. The third-order valence-electron chi connectivity index (χ3n) is 12.8. The lowest BCUT2D eigenvalue weighted by molar-refractivity contribution is 0.00578. The summed E-state index contributed by atoms with van der Waals surface area (Å²) in [6.07, 6.45) is 6.43. The van der Waals surface area contributed by atoms with Crippen LogP contribution in [0, 0.1) is 0 Å². The molecule has 0 atom stereocenters. The molecule has 0 aromatic heterocycles. The van der Waals surface area contributed by atoms with E-state index in [1.807, 2.05) is 0 Å². The zero-order chi connectivity index (χ0) is 34.8. The number of allylic oxidation sites excluding steroid dienone is 3. The molecule has 0 bridgehead atoms. The molecule has 0 aromatic carbocycles. The second kappa shape index (κ2) is 12.5. The zero-order valence-corrected chi connectivity index (χ0v) is 33.6. The van der Waals surface area contributed by atoms with Gasteiger partial charge in [0.05, 0.1) is 46.5 Å². The fourth-order valence-electron chi connectivity index (χ4n) is 8.28. The predicted molar refractivity (Wildman–Crippen MR) is 194 cm³/mol. The van der Waals surface area contributed by atoms with Crippen LogP contribution in [0.25, 0.3) is 0 Å². The van der Waals surface area contributed by atoms with E-state index in [1.54, 1.807) is 0 Å². The van der Waals surface area contributed by atoms with Crippen molar-refractivity contribution >= 4 is 29.4 Å². The van der Waals surface area contributed by atoms with Gasteiger partial charge in [0.15, 0.2) is 0 Å². The van der Waals surface area contributed by atoms with E-state index in [1.165, 1.54) is 5.57 Å². The summed E-state index contributed by atoms with van der Waals surface area (Å²) in [5.74, 6) is 2.17. The lowest BCUT2D eigenvalue weighted by Gasteiger charge is -2.56. The molecule has 0 spiro atoms. The van der Waals surface area contributed by atoms with Crippen LogP contribution in [0.5, 0.6) is 0 Å². The van der Waals surface area contributed by atoms with Gasteiger partial charge in [0, 0.05) is 0 Å². The van der Waals surface area contributed by atoms with E-state index in [9.17, 15) is 0 Å². The standard InChI is InChI=1S/C35H67B3O6Si/c1-20-28(24-36-39-29(8,9)30(10,11)40-36)22-21-23-35(37-41-31(12,13)32(14,15)42-37,38-43-33(16,17)34(18,19)44-38)45(25(2)3,26(4)5)27(6)7/h21,23-27H,20,22H2,1-19H3/b23-21?,28-24+. The quantitative estimate of drug-likeness (QED) is 0.165. The molecule has 256 valence electrons. The molecule has 0 amide bonds. The molecule has 3 saturated heterocycles. The van der Waals surface area contributed by atoms with Crippen LogP contribution in [-0.2, 0) is 27.9 Å². The van der Waals surface area contributed by atoms with Gasteiger partial charge in [-0.05, 0) is 95.9 Å². The summed E-state index contributed by atoms with van der Waals surface area (Å²) in [5.41, 5.74) is -0.304. The van der Waals surface area contributed by atoms with Crippen molar-refractivity contribution in [3.05, 3.63) is 23.7 Å². The van der Waals surface area contributed by atoms with Gasteiger partial charge >= 0.3 is 21.4 Å². The number of hydrogen-bond donors (Lipinski definition) is 0. The molecule has 0 aliphatic carbocycles. The molecule has 0 N–H and O–H groups in total. The lowest BCUT2D eigenvalue weighted by atomic mass is 9.50. The summed E-state index contributed by atoms with van der Waals surface area (Å²) in [4.78, 5) is -0.650. The second-order valence-corrected chi connectivity index (χ2v) is 24.1. The monoisotopic (exact) mass is 644 g/mol. The highest BCUT2D eigenvalue weighted by Gasteiger charge is 2.76. The average Bonchev–Trinajstić information content (AvgIpc) is 3.29. The van der Waals surface area contributed by atoms with Gasteiger partial charge in [0.2, 0.25) is 0 Å². The average molecular weight is 644 g/mol. The summed E-state index contributed by atoms with van der Waals surface area (Å²) in [6.45, 7) is 42.2. The predicted octanol–water partition coefficient (Wildman–Crippen LogP) is 9.58. The summed E-state index contributed by atoms with van der Waals surface area (Å²) in [7, 11) is -3.94. The van der Waals surface area contributed by atoms with Crippen molar-refractivity contribution in [1.29, 1.82) is 0 Å².